The van der Waals surface area contributed by atoms with Gasteiger partial charge in [-0.25, -0.2) is 4.79 Å². The fraction of sp³-hybridized carbons (Fsp3) is 0.673. The van der Waals surface area contributed by atoms with Gasteiger partial charge < -0.3 is 64.2 Å². The molecule has 2 aliphatic rings. The second-order valence-electron chi connectivity index (χ2n) is 17.7. The van der Waals surface area contributed by atoms with Crippen molar-refractivity contribution in [3.05, 3.63) is 97.2 Å². The maximum Gasteiger partial charge on any atom is 0.330 e. The molecule has 7 N–H and O–H groups in total. The molecule has 0 spiro atoms. The molecule has 11 atom stereocenters. The quantitative estimate of drug-likeness (QED) is 0.0105. The number of aliphatic hydroxyl groups is 7. The van der Waals surface area contributed by atoms with Crippen molar-refractivity contribution in [1.82, 2.24) is 0 Å². The van der Waals surface area contributed by atoms with Crippen LogP contribution in [0, 0.1) is 0 Å². The van der Waals surface area contributed by atoms with Crippen LogP contribution < -0.4 is 0 Å². The highest BCUT2D eigenvalue weighted by Gasteiger charge is 2.47. The van der Waals surface area contributed by atoms with Crippen LogP contribution in [0.3, 0.4) is 0 Å². The molecule has 70 heavy (non-hydrogen) atoms. The largest absolute Gasteiger partial charge is 0.458 e. The molecule has 0 saturated carbocycles. The Morgan fingerprint density at radius 2 is 1.00 bits per heavy atom. The van der Waals surface area contributed by atoms with Gasteiger partial charge in [0.05, 0.1) is 19.8 Å². The molecule has 4 unspecified atom stereocenters. The molecule has 0 aliphatic carbocycles. The second kappa shape index (κ2) is 41.0. The van der Waals surface area contributed by atoms with E-state index in [-0.39, 0.29) is 6.42 Å². The monoisotopic (exact) mass is 989 g/mol. The molecule has 2 rings (SSSR count). The van der Waals surface area contributed by atoms with Gasteiger partial charge in [-0.15, -0.1) is 0 Å². The van der Waals surface area contributed by atoms with Gasteiger partial charge in [-0.3, -0.25) is 4.79 Å². The van der Waals surface area contributed by atoms with E-state index in [2.05, 4.69) is 68.5 Å². The Hall–Kier alpha value is -3.58. The Morgan fingerprint density at radius 1 is 0.514 bits per heavy atom. The van der Waals surface area contributed by atoms with Crippen molar-refractivity contribution in [3.63, 3.8) is 0 Å². The number of aliphatic hydroxyl groups excluding tert-OH is 7. The summed E-state index contributed by atoms with van der Waals surface area (Å²) >= 11 is 0. The standard InChI is InChI=1S/C55H88O15/c1-3-5-7-9-11-13-15-17-19-20-21-22-24-26-28-30-32-34-36-38-47(58)68-43(40-65-46(57)37-35-33-31-29-27-25-23-18-16-14-12-10-8-6-4-2)41-66-54-53(64)51(62)49(60)45(70-54)42-67-55-52(63)50(61)48(59)44(39-56)69-55/h5,7,11,13,17,19,21-22,26,28,31-35,37,43-45,48-56,59-64H,3-4,6,8-10,12,14-16,18,20,23-25,27,29-30,36,38-42H2,1-2H3/b7-5+,13-11+,19-17+,22-21+,28-26+,33-31+,34-32+,37-35+/t43-,44+,45+,48-,49-,50?,51?,52?,53?,54+,55+/m1/s1. The molecule has 398 valence electrons. The molecule has 15 heteroatoms. The van der Waals surface area contributed by atoms with Crippen molar-refractivity contribution in [2.24, 2.45) is 0 Å². The molecule has 2 fully saturated rings. The topological polar surface area (TPSA) is 231 Å². The van der Waals surface area contributed by atoms with E-state index < -0.39 is 106 Å². The van der Waals surface area contributed by atoms with E-state index in [1.807, 2.05) is 24.3 Å². The van der Waals surface area contributed by atoms with Crippen LogP contribution in [0.1, 0.15) is 142 Å². The highest BCUT2D eigenvalue weighted by atomic mass is 16.7. The zero-order valence-electron chi connectivity index (χ0n) is 42.0. The SMILES string of the molecule is CC/C=C/C/C=C/C/C=C/C/C=C/C/C=C/C/C=C/CCC(=O)O[C@H](COC(=O)/C=C/C=C/CCCCCCCCCCCCC)CO[C@H]1O[C@@H](CO[C@H]2O[C@@H](CO)[C@@H](O)C(O)C2O)[C@@H](O)C(O)C1O. The molecule has 0 bridgehead atoms. The van der Waals surface area contributed by atoms with Crippen LogP contribution >= 0.6 is 0 Å². The molecule has 0 aromatic carbocycles. The lowest BCUT2D eigenvalue weighted by Gasteiger charge is -2.42. The van der Waals surface area contributed by atoms with E-state index in [1.165, 1.54) is 63.9 Å². The third-order valence-corrected chi connectivity index (χ3v) is 11.7. The lowest BCUT2D eigenvalue weighted by atomic mass is 9.98. The van der Waals surface area contributed by atoms with Crippen LogP contribution in [0.15, 0.2) is 97.2 Å². The first kappa shape index (κ1) is 62.5. The zero-order valence-corrected chi connectivity index (χ0v) is 42.0. The fourth-order valence-electron chi connectivity index (χ4n) is 7.45. The lowest BCUT2D eigenvalue weighted by Crippen LogP contribution is -2.61. The van der Waals surface area contributed by atoms with Gasteiger partial charge in [-0.05, 0) is 57.8 Å². The number of ether oxygens (including phenoxy) is 6. The number of carbonyl (C=O) groups is 2. The van der Waals surface area contributed by atoms with E-state index in [4.69, 9.17) is 28.4 Å². The smallest absolute Gasteiger partial charge is 0.330 e. The van der Waals surface area contributed by atoms with Gasteiger partial charge >= 0.3 is 11.9 Å². The van der Waals surface area contributed by atoms with Crippen LogP contribution in [-0.2, 0) is 38.0 Å². The average molecular weight is 989 g/mol. The minimum absolute atomic E-state index is 0.0151. The van der Waals surface area contributed by atoms with Crippen molar-refractivity contribution in [2.75, 3.05) is 26.4 Å². The summed E-state index contributed by atoms with van der Waals surface area (Å²) in [5, 5.41) is 72.0. The summed E-state index contributed by atoms with van der Waals surface area (Å²) in [7, 11) is 0. The first-order valence-electron chi connectivity index (χ1n) is 25.9. The van der Waals surface area contributed by atoms with E-state index in [0.29, 0.717) is 12.8 Å². The minimum Gasteiger partial charge on any atom is -0.458 e. The Labute approximate surface area is 417 Å². The maximum atomic E-state index is 13.0. The third kappa shape index (κ3) is 28.5. The Bertz CT molecular complexity index is 1580. The number of rotatable bonds is 38. The van der Waals surface area contributed by atoms with E-state index in [1.54, 1.807) is 12.2 Å². The predicted molar refractivity (Wildman–Crippen MR) is 270 cm³/mol. The summed E-state index contributed by atoms with van der Waals surface area (Å²) in [4.78, 5) is 25.6. The molecule has 2 heterocycles. The van der Waals surface area contributed by atoms with Gasteiger partial charge in [0.2, 0.25) is 0 Å². The molecule has 2 saturated heterocycles. The zero-order chi connectivity index (χ0) is 51.0. The van der Waals surface area contributed by atoms with E-state index in [0.717, 1.165) is 51.4 Å². The molecular weight excluding hydrogens is 901 g/mol. The Morgan fingerprint density at radius 3 is 1.54 bits per heavy atom. The van der Waals surface area contributed by atoms with Crippen molar-refractivity contribution in [2.45, 2.75) is 210 Å². The molecule has 0 radical (unpaired) electrons. The number of hydrogen-bond donors (Lipinski definition) is 7. The summed E-state index contributed by atoms with van der Waals surface area (Å²) in [6.45, 7) is 2.25. The van der Waals surface area contributed by atoms with Gasteiger partial charge in [0.1, 0.15) is 55.4 Å². The van der Waals surface area contributed by atoms with Gasteiger partial charge in [-0.2, -0.15) is 0 Å². The number of unbranched alkanes of at least 4 members (excludes halogenated alkanes) is 11. The van der Waals surface area contributed by atoms with E-state index >= 15 is 0 Å². The average Bonchev–Trinajstić information content (AvgIpc) is 3.35. The van der Waals surface area contributed by atoms with Crippen molar-refractivity contribution >= 4 is 11.9 Å². The molecule has 0 amide bonds. The van der Waals surface area contributed by atoms with Crippen LogP contribution in [0.2, 0.25) is 0 Å². The normalized spacial score (nSPS) is 26.2. The first-order valence-corrected chi connectivity index (χ1v) is 25.9. The molecule has 0 aromatic rings. The van der Waals surface area contributed by atoms with Crippen molar-refractivity contribution < 1.29 is 73.8 Å². The highest BCUT2D eigenvalue weighted by Crippen LogP contribution is 2.26. The molecule has 15 nitrogen and oxygen atoms in total. The van der Waals surface area contributed by atoms with Crippen LogP contribution in [0.25, 0.3) is 0 Å². The Balaban J connectivity index is 1.88. The Kier molecular flexibility index (Phi) is 36.6. The number of allylic oxidation sites excluding steroid dienone is 15. The van der Waals surface area contributed by atoms with Crippen molar-refractivity contribution in [3.8, 4) is 0 Å². The molecule has 0 aromatic heterocycles. The van der Waals surface area contributed by atoms with Gasteiger partial charge in [0.25, 0.3) is 0 Å². The maximum absolute atomic E-state index is 13.0. The summed E-state index contributed by atoms with van der Waals surface area (Å²) in [6.07, 6.45) is 35.1. The van der Waals surface area contributed by atoms with Crippen LogP contribution in [0.4, 0.5) is 0 Å². The lowest BCUT2D eigenvalue weighted by molar-refractivity contribution is -0.332. The summed E-state index contributed by atoms with van der Waals surface area (Å²) in [5.41, 5.74) is 0. The third-order valence-electron chi connectivity index (χ3n) is 11.7. The van der Waals surface area contributed by atoms with Gasteiger partial charge in [-0.1, -0.05) is 169 Å². The van der Waals surface area contributed by atoms with Gasteiger partial charge in [0, 0.05) is 12.5 Å². The van der Waals surface area contributed by atoms with E-state index in [9.17, 15) is 45.3 Å². The highest BCUT2D eigenvalue weighted by molar-refractivity contribution is 5.82. The molecule has 2 aliphatic heterocycles. The summed E-state index contributed by atoms with van der Waals surface area (Å²) in [5.74, 6) is -1.28. The molecular formula is C55H88O15. The van der Waals surface area contributed by atoms with Crippen LogP contribution in [0.5, 0.6) is 0 Å². The summed E-state index contributed by atoms with van der Waals surface area (Å²) < 4.78 is 33.3. The number of esters is 2. The first-order chi connectivity index (χ1) is 34.0. The predicted octanol–water partition coefficient (Wildman–Crippen LogP) is 7.37. The minimum atomic E-state index is -1.80. The van der Waals surface area contributed by atoms with Gasteiger partial charge in [0.15, 0.2) is 18.7 Å². The number of carbonyl (C=O) groups excluding carboxylic acids is 2. The fourth-order valence-corrected chi connectivity index (χ4v) is 7.45. The van der Waals surface area contributed by atoms with Crippen molar-refractivity contribution in [1.29, 1.82) is 0 Å². The number of hydrogen-bond acceptors (Lipinski definition) is 15. The van der Waals surface area contributed by atoms with Crippen LogP contribution in [-0.4, -0.2) is 142 Å². The second-order valence-corrected chi connectivity index (χ2v) is 17.7. The summed E-state index contributed by atoms with van der Waals surface area (Å²) in [6, 6.07) is 0.